The molecule has 2 aromatic rings. The van der Waals surface area contributed by atoms with Crippen LogP contribution in [0.4, 0.5) is 10.1 Å². The molecule has 0 fully saturated rings. The summed E-state index contributed by atoms with van der Waals surface area (Å²) in [5.41, 5.74) is 1.29. The predicted molar refractivity (Wildman–Crippen MR) is 114 cm³/mol. The molecule has 1 unspecified atom stereocenters. The Morgan fingerprint density at radius 3 is 2.59 bits per heavy atom. The summed E-state index contributed by atoms with van der Waals surface area (Å²) in [6, 6.07) is 13.2. The van der Waals surface area contributed by atoms with Crippen LogP contribution in [-0.4, -0.2) is 40.3 Å². The van der Waals surface area contributed by atoms with E-state index in [2.05, 4.69) is 20.3 Å². The van der Waals surface area contributed by atoms with Crippen molar-refractivity contribution in [2.24, 2.45) is 4.99 Å². The molecule has 2 aromatic carbocycles. The van der Waals surface area contributed by atoms with Gasteiger partial charge in [0.25, 0.3) is 0 Å². The van der Waals surface area contributed by atoms with Crippen molar-refractivity contribution in [2.45, 2.75) is 26.0 Å². The first-order valence-electron chi connectivity index (χ1n) is 9.23. The molecule has 9 heteroatoms. The van der Waals surface area contributed by atoms with Gasteiger partial charge in [-0.1, -0.05) is 31.2 Å². The topological polar surface area (TPSA) is 91.8 Å². The first-order valence-corrected chi connectivity index (χ1v) is 11.1. The fourth-order valence-electron chi connectivity index (χ4n) is 2.59. The van der Waals surface area contributed by atoms with Crippen LogP contribution < -0.4 is 20.1 Å². The van der Waals surface area contributed by atoms with Crippen LogP contribution in [0.25, 0.3) is 0 Å². The van der Waals surface area contributed by atoms with Gasteiger partial charge in [0.2, 0.25) is 10.0 Å². The Balaban J connectivity index is 1.92. The second-order valence-corrected chi connectivity index (χ2v) is 8.19. The minimum atomic E-state index is -3.37. The summed E-state index contributed by atoms with van der Waals surface area (Å²) in [5.74, 6) is 0.673. The molecule has 0 saturated carbocycles. The van der Waals surface area contributed by atoms with Gasteiger partial charge in [-0.05, 0) is 30.2 Å². The number of ether oxygens (including phenoxy) is 1. The lowest BCUT2D eigenvalue weighted by atomic mass is 10.2. The standard InChI is InChI=1S/C20H27FN4O3S/c1-4-17(28-18-10-7-9-16(21)12-18)14-24-20(22-2)23-13-15-8-5-6-11-19(15)25-29(3,26)27/h5-12,17,25H,4,13-14H2,1-3H3,(H2,22,23,24). The highest BCUT2D eigenvalue weighted by molar-refractivity contribution is 7.92. The van der Waals surface area contributed by atoms with E-state index in [0.717, 1.165) is 18.2 Å². The highest BCUT2D eigenvalue weighted by Gasteiger charge is 2.11. The molecule has 2 rings (SSSR count). The number of hydrogen-bond donors (Lipinski definition) is 3. The molecule has 0 radical (unpaired) electrons. The van der Waals surface area contributed by atoms with E-state index in [1.165, 1.54) is 12.1 Å². The normalized spacial score (nSPS) is 12.9. The minimum absolute atomic E-state index is 0.172. The number of nitrogens with zero attached hydrogens (tertiary/aromatic N) is 1. The lowest BCUT2D eigenvalue weighted by molar-refractivity contribution is 0.199. The van der Waals surface area contributed by atoms with E-state index in [1.54, 1.807) is 31.3 Å². The third kappa shape index (κ3) is 7.98. The Bertz CT molecular complexity index is 935. The first-order chi connectivity index (χ1) is 13.8. The Morgan fingerprint density at radius 1 is 1.17 bits per heavy atom. The average molecular weight is 423 g/mol. The molecule has 0 bridgehead atoms. The fourth-order valence-corrected chi connectivity index (χ4v) is 3.18. The molecule has 1 atom stereocenters. The number of nitrogens with one attached hydrogen (secondary N) is 3. The van der Waals surface area contributed by atoms with Gasteiger partial charge in [0.1, 0.15) is 17.7 Å². The lowest BCUT2D eigenvalue weighted by Gasteiger charge is -2.20. The lowest BCUT2D eigenvalue weighted by Crippen LogP contribution is -2.42. The molecule has 0 aromatic heterocycles. The Hall–Kier alpha value is -2.81. The van der Waals surface area contributed by atoms with E-state index in [1.807, 2.05) is 19.1 Å². The number of halogens is 1. The molecule has 158 valence electrons. The van der Waals surface area contributed by atoms with Crippen LogP contribution in [0.1, 0.15) is 18.9 Å². The maximum atomic E-state index is 13.3. The van der Waals surface area contributed by atoms with Gasteiger partial charge in [-0.3, -0.25) is 9.71 Å². The summed E-state index contributed by atoms with van der Waals surface area (Å²) in [5, 5.41) is 6.33. The zero-order valence-electron chi connectivity index (χ0n) is 16.8. The van der Waals surface area contributed by atoms with Crippen LogP contribution >= 0.6 is 0 Å². The van der Waals surface area contributed by atoms with Gasteiger partial charge < -0.3 is 15.4 Å². The van der Waals surface area contributed by atoms with Crippen molar-refractivity contribution in [1.29, 1.82) is 0 Å². The van der Waals surface area contributed by atoms with Gasteiger partial charge in [-0.2, -0.15) is 0 Å². The molecular formula is C20H27FN4O3S. The van der Waals surface area contributed by atoms with Crippen molar-refractivity contribution in [3.05, 3.63) is 59.9 Å². The van der Waals surface area contributed by atoms with Crippen molar-refractivity contribution in [3.63, 3.8) is 0 Å². The first kappa shape index (κ1) is 22.5. The average Bonchev–Trinajstić information content (AvgIpc) is 2.67. The third-order valence-electron chi connectivity index (χ3n) is 4.03. The number of sulfonamides is 1. The largest absolute Gasteiger partial charge is 0.489 e. The maximum Gasteiger partial charge on any atom is 0.229 e. The minimum Gasteiger partial charge on any atom is -0.489 e. The number of hydrogen-bond acceptors (Lipinski definition) is 4. The van der Waals surface area contributed by atoms with Gasteiger partial charge in [0.15, 0.2) is 5.96 Å². The van der Waals surface area contributed by atoms with Crippen molar-refractivity contribution in [2.75, 3.05) is 24.6 Å². The summed E-state index contributed by atoms with van der Waals surface area (Å²) < 4.78 is 44.7. The quantitative estimate of drug-likeness (QED) is 0.427. The molecule has 0 aliphatic carbocycles. The van der Waals surface area contributed by atoms with Crippen LogP contribution in [0.5, 0.6) is 5.75 Å². The van der Waals surface area contributed by atoms with Crippen molar-refractivity contribution in [3.8, 4) is 5.75 Å². The van der Waals surface area contributed by atoms with Gasteiger partial charge in [0.05, 0.1) is 18.5 Å². The maximum absolute atomic E-state index is 13.3. The molecule has 3 N–H and O–H groups in total. The summed E-state index contributed by atoms with van der Waals surface area (Å²) in [7, 11) is -1.73. The van der Waals surface area contributed by atoms with Crippen LogP contribution in [-0.2, 0) is 16.6 Å². The summed E-state index contributed by atoms with van der Waals surface area (Å²) >= 11 is 0. The van der Waals surface area contributed by atoms with Gasteiger partial charge in [0, 0.05) is 19.7 Å². The number of anilines is 1. The van der Waals surface area contributed by atoms with E-state index < -0.39 is 10.0 Å². The van der Waals surface area contributed by atoms with Crippen LogP contribution in [0.15, 0.2) is 53.5 Å². The van der Waals surface area contributed by atoms with Crippen LogP contribution in [0, 0.1) is 5.82 Å². The molecule has 7 nitrogen and oxygen atoms in total. The summed E-state index contributed by atoms with van der Waals surface area (Å²) in [4.78, 5) is 4.17. The second-order valence-electron chi connectivity index (χ2n) is 6.44. The molecule has 29 heavy (non-hydrogen) atoms. The second kappa shape index (κ2) is 10.7. The zero-order valence-corrected chi connectivity index (χ0v) is 17.6. The Kier molecular flexibility index (Phi) is 8.26. The van der Waals surface area contributed by atoms with Crippen molar-refractivity contribution < 1.29 is 17.5 Å². The molecular weight excluding hydrogens is 395 g/mol. The molecule has 0 heterocycles. The SMILES string of the molecule is CCC(CNC(=NC)NCc1ccccc1NS(C)(=O)=O)Oc1cccc(F)c1. The number of benzene rings is 2. The number of aliphatic imine (C=N–C) groups is 1. The van der Waals surface area contributed by atoms with E-state index in [4.69, 9.17) is 4.74 Å². The van der Waals surface area contributed by atoms with E-state index in [-0.39, 0.29) is 11.9 Å². The van der Waals surface area contributed by atoms with E-state index in [9.17, 15) is 12.8 Å². The highest BCUT2D eigenvalue weighted by Crippen LogP contribution is 2.16. The zero-order chi connectivity index (χ0) is 21.3. The monoisotopic (exact) mass is 422 g/mol. The summed E-state index contributed by atoms with van der Waals surface area (Å²) in [6.07, 6.45) is 1.66. The molecule has 0 amide bonds. The van der Waals surface area contributed by atoms with Crippen LogP contribution in [0.3, 0.4) is 0 Å². The molecule has 0 spiro atoms. The fraction of sp³-hybridized carbons (Fsp3) is 0.350. The highest BCUT2D eigenvalue weighted by atomic mass is 32.2. The Morgan fingerprint density at radius 2 is 1.93 bits per heavy atom. The number of guanidine groups is 1. The van der Waals surface area contributed by atoms with Gasteiger partial charge in [-0.25, -0.2) is 12.8 Å². The van der Waals surface area contributed by atoms with Crippen molar-refractivity contribution in [1.82, 2.24) is 10.6 Å². The van der Waals surface area contributed by atoms with Crippen LogP contribution in [0.2, 0.25) is 0 Å². The number of rotatable bonds is 9. The molecule has 0 saturated heterocycles. The van der Waals surface area contributed by atoms with E-state index in [0.29, 0.717) is 30.5 Å². The number of para-hydroxylation sites is 1. The third-order valence-corrected chi connectivity index (χ3v) is 4.62. The van der Waals surface area contributed by atoms with Gasteiger partial charge in [-0.15, -0.1) is 0 Å². The Labute approximate surface area is 171 Å². The summed E-state index contributed by atoms with van der Waals surface area (Å²) in [6.45, 7) is 2.82. The molecule has 0 aliphatic rings. The van der Waals surface area contributed by atoms with Gasteiger partial charge >= 0.3 is 0 Å². The van der Waals surface area contributed by atoms with Crippen molar-refractivity contribution >= 4 is 21.7 Å². The predicted octanol–water partition coefficient (Wildman–Crippen LogP) is 2.72. The van der Waals surface area contributed by atoms with E-state index >= 15 is 0 Å². The smallest absolute Gasteiger partial charge is 0.229 e. The molecule has 0 aliphatic heterocycles.